The number of rotatable bonds is 2. The van der Waals surface area contributed by atoms with Gasteiger partial charge in [-0.05, 0) is 55.5 Å². The van der Waals surface area contributed by atoms with Gasteiger partial charge in [0.2, 0.25) is 0 Å². The molecule has 5 heteroatoms. The fourth-order valence-electron chi connectivity index (χ4n) is 3.23. The van der Waals surface area contributed by atoms with E-state index in [1.165, 1.54) is 24.3 Å². The van der Waals surface area contributed by atoms with Gasteiger partial charge in [-0.1, -0.05) is 12.1 Å². The highest BCUT2D eigenvalue weighted by Crippen LogP contribution is 2.46. The molecule has 1 aliphatic carbocycles. The molecule has 23 heavy (non-hydrogen) atoms. The highest BCUT2D eigenvalue weighted by molar-refractivity contribution is 5.34. The van der Waals surface area contributed by atoms with Crippen LogP contribution >= 0.6 is 0 Å². The van der Waals surface area contributed by atoms with Crippen molar-refractivity contribution in [1.29, 1.82) is 5.26 Å². The highest BCUT2D eigenvalue weighted by atomic mass is 19.1. The molecule has 0 amide bonds. The van der Waals surface area contributed by atoms with E-state index in [0.29, 0.717) is 31.4 Å². The van der Waals surface area contributed by atoms with Crippen molar-refractivity contribution in [1.82, 2.24) is 4.98 Å². The van der Waals surface area contributed by atoms with Crippen LogP contribution in [0.3, 0.4) is 0 Å². The Morgan fingerprint density at radius 1 is 0.957 bits per heavy atom. The molecule has 2 aromatic rings. The molecule has 0 saturated heterocycles. The number of hydrogen-bond acceptors (Lipinski definition) is 3. The summed E-state index contributed by atoms with van der Waals surface area (Å²) in [6.07, 6.45) is 2.64. The molecule has 1 saturated carbocycles. The standard InChI is InChI=1S/C18H16F2N2O/c19-14-3-1-13(2-4-14)17(12-21)7-9-18(23,10-8-17)16-6-5-15(20)11-22-16/h1-6,11,23H,7-10H2/t17-,18-. The second-order valence-corrected chi connectivity index (χ2v) is 6.09. The van der Waals surface area contributed by atoms with Gasteiger partial charge in [0.25, 0.3) is 0 Å². The van der Waals surface area contributed by atoms with Gasteiger partial charge >= 0.3 is 0 Å². The molecule has 1 fully saturated rings. The lowest BCUT2D eigenvalue weighted by molar-refractivity contribution is -0.0176. The molecule has 1 aromatic carbocycles. The lowest BCUT2D eigenvalue weighted by Gasteiger charge is -2.40. The number of aliphatic hydroxyl groups is 1. The Bertz CT molecular complexity index is 727. The summed E-state index contributed by atoms with van der Waals surface area (Å²) in [5, 5.41) is 20.4. The molecule has 1 aromatic heterocycles. The van der Waals surface area contributed by atoms with Crippen LogP contribution in [0.1, 0.15) is 36.9 Å². The van der Waals surface area contributed by atoms with Crippen molar-refractivity contribution >= 4 is 0 Å². The monoisotopic (exact) mass is 314 g/mol. The van der Waals surface area contributed by atoms with Crippen LogP contribution in [-0.2, 0) is 11.0 Å². The molecule has 0 bridgehead atoms. The average molecular weight is 314 g/mol. The van der Waals surface area contributed by atoms with E-state index >= 15 is 0 Å². The van der Waals surface area contributed by atoms with Gasteiger partial charge in [0.15, 0.2) is 0 Å². The van der Waals surface area contributed by atoms with Gasteiger partial charge in [-0.25, -0.2) is 8.78 Å². The third-order valence-corrected chi connectivity index (χ3v) is 4.75. The Morgan fingerprint density at radius 3 is 2.09 bits per heavy atom. The minimum atomic E-state index is -1.16. The third-order valence-electron chi connectivity index (χ3n) is 4.75. The predicted molar refractivity (Wildman–Crippen MR) is 80.3 cm³/mol. The first-order valence-corrected chi connectivity index (χ1v) is 7.49. The normalized spacial score (nSPS) is 27.4. The maximum Gasteiger partial charge on any atom is 0.141 e. The number of aromatic nitrogens is 1. The molecule has 0 aliphatic heterocycles. The van der Waals surface area contributed by atoms with Crippen LogP contribution in [0.25, 0.3) is 0 Å². The maximum atomic E-state index is 13.1. The first kappa shape index (κ1) is 15.6. The van der Waals surface area contributed by atoms with E-state index in [1.807, 2.05) is 0 Å². The fraction of sp³-hybridized carbons (Fsp3) is 0.333. The van der Waals surface area contributed by atoms with Crippen molar-refractivity contribution in [3.05, 3.63) is 65.5 Å². The van der Waals surface area contributed by atoms with E-state index in [1.54, 1.807) is 12.1 Å². The Kier molecular flexibility index (Phi) is 3.87. The first-order chi connectivity index (χ1) is 11.0. The number of hydrogen-bond donors (Lipinski definition) is 1. The largest absolute Gasteiger partial charge is 0.384 e. The Balaban J connectivity index is 1.84. The smallest absolute Gasteiger partial charge is 0.141 e. The van der Waals surface area contributed by atoms with Gasteiger partial charge in [-0.3, -0.25) is 4.98 Å². The molecular formula is C18H16F2N2O. The van der Waals surface area contributed by atoms with Crippen LogP contribution in [0.4, 0.5) is 8.78 Å². The molecule has 0 spiro atoms. The molecule has 1 aliphatic rings. The molecule has 3 nitrogen and oxygen atoms in total. The molecule has 118 valence electrons. The summed E-state index contributed by atoms with van der Waals surface area (Å²) in [6.45, 7) is 0. The van der Waals surface area contributed by atoms with Crippen molar-refractivity contribution in [3.63, 3.8) is 0 Å². The number of nitrogens with zero attached hydrogens (tertiary/aromatic N) is 2. The summed E-state index contributed by atoms with van der Waals surface area (Å²) in [5.74, 6) is -0.796. The number of nitriles is 1. The van der Waals surface area contributed by atoms with Crippen LogP contribution in [0.15, 0.2) is 42.6 Å². The van der Waals surface area contributed by atoms with Crippen molar-refractivity contribution in [3.8, 4) is 6.07 Å². The predicted octanol–water partition coefficient (Wildman–Crippen LogP) is 3.58. The van der Waals surface area contributed by atoms with Crippen molar-refractivity contribution in [2.45, 2.75) is 36.7 Å². The van der Waals surface area contributed by atoms with E-state index in [0.717, 1.165) is 11.8 Å². The highest BCUT2D eigenvalue weighted by Gasteiger charge is 2.44. The molecule has 0 atom stereocenters. The van der Waals surface area contributed by atoms with Gasteiger partial charge in [0, 0.05) is 0 Å². The van der Waals surface area contributed by atoms with Gasteiger partial charge in [0.05, 0.1) is 23.4 Å². The van der Waals surface area contributed by atoms with E-state index in [-0.39, 0.29) is 5.82 Å². The van der Waals surface area contributed by atoms with Crippen LogP contribution in [0.5, 0.6) is 0 Å². The van der Waals surface area contributed by atoms with Gasteiger partial charge in [-0.2, -0.15) is 5.26 Å². The maximum absolute atomic E-state index is 13.1. The molecular weight excluding hydrogens is 298 g/mol. The molecule has 3 rings (SSSR count). The summed E-state index contributed by atoms with van der Waals surface area (Å²) in [5.41, 5.74) is -0.714. The zero-order valence-corrected chi connectivity index (χ0v) is 12.5. The van der Waals surface area contributed by atoms with Crippen molar-refractivity contribution in [2.75, 3.05) is 0 Å². The van der Waals surface area contributed by atoms with Gasteiger partial charge in [0.1, 0.15) is 17.2 Å². The SMILES string of the molecule is N#C[C@]1(c2ccc(F)cc2)CC[C@@](O)(c2ccc(F)cn2)CC1. The zero-order valence-electron chi connectivity index (χ0n) is 12.5. The van der Waals surface area contributed by atoms with Crippen LogP contribution in [-0.4, -0.2) is 10.1 Å². The minimum Gasteiger partial charge on any atom is -0.384 e. The fourth-order valence-corrected chi connectivity index (χ4v) is 3.23. The quantitative estimate of drug-likeness (QED) is 0.921. The lowest BCUT2D eigenvalue weighted by Crippen LogP contribution is -2.39. The summed E-state index contributed by atoms with van der Waals surface area (Å²) < 4.78 is 26.1. The molecule has 1 N–H and O–H groups in total. The van der Waals surface area contributed by atoms with Crippen LogP contribution < -0.4 is 0 Å². The number of benzene rings is 1. The topological polar surface area (TPSA) is 56.9 Å². The number of pyridine rings is 1. The van der Waals surface area contributed by atoms with E-state index < -0.39 is 16.8 Å². The molecule has 0 radical (unpaired) electrons. The van der Waals surface area contributed by atoms with E-state index in [4.69, 9.17) is 0 Å². The van der Waals surface area contributed by atoms with Crippen LogP contribution in [0, 0.1) is 23.0 Å². The minimum absolute atomic E-state index is 0.343. The third kappa shape index (κ3) is 2.82. The summed E-state index contributed by atoms with van der Waals surface area (Å²) in [7, 11) is 0. The van der Waals surface area contributed by atoms with Crippen molar-refractivity contribution < 1.29 is 13.9 Å². The lowest BCUT2D eigenvalue weighted by atomic mass is 9.65. The summed E-state index contributed by atoms with van der Waals surface area (Å²) >= 11 is 0. The van der Waals surface area contributed by atoms with E-state index in [9.17, 15) is 19.1 Å². The first-order valence-electron chi connectivity index (χ1n) is 7.49. The van der Waals surface area contributed by atoms with E-state index in [2.05, 4.69) is 11.1 Å². The molecule has 0 unspecified atom stereocenters. The molecule has 1 heterocycles. The Morgan fingerprint density at radius 2 is 1.57 bits per heavy atom. The van der Waals surface area contributed by atoms with Crippen LogP contribution in [0.2, 0.25) is 0 Å². The summed E-state index contributed by atoms with van der Waals surface area (Å²) in [4.78, 5) is 3.97. The second-order valence-electron chi connectivity index (χ2n) is 6.09. The second kappa shape index (κ2) is 5.71. The average Bonchev–Trinajstić information content (AvgIpc) is 2.57. The Hall–Kier alpha value is -2.32. The Labute approximate surface area is 133 Å². The van der Waals surface area contributed by atoms with Gasteiger partial charge < -0.3 is 5.11 Å². The zero-order chi connectivity index (χ0) is 16.5. The van der Waals surface area contributed by atoms with Gasteiger partial charge in [-0.15, -0.1) is 0 Å². The van der Waals surface area contributed by atoms with Crippen molar-refractivity contribution in [2.24, 2.45) is 0 Å². The summed E-state index contributed by atoms with van der Waals surface area (Å²) in [6, 6.07) is 11.0. The number of halogens is 2.